The van der Waals surface area contributed by atoms with E-state index in [2.05, 4.69) is 16.0 Å². The Kier molecular flexibility index (Phi) is 7.76. The zero-order chi connectivity index (χ0) is 17.2. The maximum atomic E-state index is 11.8. The summed E-state index contributed by atoms with van der Waals surface area (Å²) in [4.78, 5) is 35.5. The molecule has 0 aromatic heterocycles. The number of benzene rings is 1. The zero-order valence-electron chi connectivity index (χ0n) is 13.9. The van der Waals surface area contributed by atoms with Crippen molar-refractivity contribution >= 4 is 17.7 Å². The van der Waals surface area contributed by atoms with Crippen molar-refractivity contribution < 1.29 is 19.3 Å². The maximum Gasteiger partial charge on any atom is 0.275 e. The van der Waals surface area contributed by atoms with Crippen LogP contribution in [0.25, 0.3) is 0 Å². The van der Waals surface area contributed by atoms with Crippen molar-refractivity contribution in [2.75, 3.05) is 33.7 Å². The molecule has 0 saturated carbocycles. The Labute approximate surface area is 136 Å². The Morgan fingerprint density at radius 1 is 1.04 bits per heavy atom. The molecule has 126 valence electrons. The van der Waals surface area contributed by atoms with Crippen molar-refractivity contribution in [2.45, 2.75) is 13.5 Å². The molecule has 0 bridgehead atoms. The van der Waals surface area contributed by atoms with E-state index in [0.29, 0.717) is 18.7 Å². The highest BCUT2D eigenvalue weighted by atomic mass is 16.2. The molecule has 7 nitrogen and oxygen atoms in total. The molecule has 1 aromatic rings. The molecule has 0 aliphatic carbocycles. The topological polar surface area (TPSA) is 91.7 Å². The SMILES string of the molecule is CCNC(=O)CNC(=O)C[NH+](C)Cc1ccc(C(=O)NC)cc1. The average Bonchev–Trinajstić information content (AvgIpc) is 2.53. The predicted octanol–water partition coefficient (Wildman–Crippen LogP) is -1.69. The lowest BCUT2D eigenvalue weighted by atomic mass is 10.1. The molecule has 0 saturated heterocycles. The van der Waals surface area contributed by atoms with Crippen LogP contribution in [0.3, 0.4) is 0 Å². The first-order chi connectivity index (χ1) is 11.0. The molecule has 0 radical (unpaired) electrons. The van der Waals surface area contributed by atoms with E-state index in [0.717, 1.165) is 10.5 Å². The van der Waals surface area contributed by atoms with Gasteiger partial charge in [-0.1, -0.05) is 12.1 Å². The normalized spacial score (nSPS) is 11.4. The molecule has 4 N–H and O–H groups in total. The minimum atomic E-state index is -0.191. The summed E-state index contributed by atoms with van der Waals surface area (Å²) in [5.74, 6) is -0.485. The molecule has 0 aliphatic heterocycles. The van der Waals surface area contributed by atoms with Gasteiger partial charge in [0.2, 0.25) is 5.91 Å². The smallest absolute Gasteiger partial charge is 0.275 e. The third-order valence-corrected chi connectivity index (χ3v) is 3.23. The van der Waals surface area contributed by atoms with E-state index in [1.165, 1.54) is 0 Å². The molecule has 23 heavy (non-hydrogen) atoms. The molecule has 1 unspecified atom stereocenters. The monoisotopic (exact) mass is 321 g/mol. The van der Waals surface area contributed by atoms with E-state index in [4.69, 9.17) is 0 Å². The number of likely N-dealkylation sites (N-methyl/N-ethyl adjacent to an activating group) is 2. The number of carbonyl (C=O) groups is 3. The zero-order valence-corrected chi connectivity index (χ0v) is 13.9. The van der Waals surface area contributed by atoms with Crippen molar-refractivity contribution in [3.05, 3.63) is 35.4 Å². The van der Waals surface area contributed by atoms with Crippen LogP contribution >= 0.6 is 0 Å². The second-order valence-corrected chi connectivity index (χ2v) is 5.32. The Balaban J connectivity index is 2.40. The highest BCUT2D eigenvalue weighted by Crippen LogP contribution is 2.03. The number of hydrogen-bond donors (Lipinski definition) is 4. The van der Waals surface area contributed by atoms with Crippen molar-refractivity contribution in [1.29, 1.82) is 0 Å². The van der Waals surface area contributed by atoms with E-state index < -0.39 is 0 Å². The van der Waals surface area contributed by atoms with Gasteiger partial charge in [-0.25, -0.2) is 0 Å². The van der Waals surface area contributed by atoms with Gasteiger partial charge in [-0.15, -0.1) is 0 Å². The van der Waals surface area contributed by atoms with Crippen molar-refractivity contribution in [1.82, 2.24) is 16.0 Å². The molecule has 1 aromatic carbocycles. The average molecular weight is 321 g/mol. The Morgan fingerprint density at radius 3 is 2.26 bits per heavy atom. The lowest BCUT2D eigenvalue weighted by molar-refractivity contribution is -0.885. The van der Waals surface area contributed by atoms with Crippen LogP contribution in [-0.2, 0) is 16.1 Å². The minimum Gasteiger partial charge on any atom is -0.355 e. The fraction of sp³-hybridized carbons (Fsp3) is 0.438. The van der Waals surface area contributed by atoms with E-state index in [9.17, 15) is 14.4 Å². The summed E-state index contributed by atoms with van der Waals surface area (Å²) >= 11 is 0. The van der Waals surface area contributed by atoms with Gasteiger partial charge in [-0.3, -0.25) is 14.4 Å². The molecule has 0 aliphatic rings. The summed E-state index contributed by atoms with van der Waals surface area (Å²) in [6.45, 7) is 3.30. The Morgan fingerprint density at radius 2 is 1.70 bits per heavy atom. The Bertz CT molecular complexity index is 543. The van der Waals surface area contributed by atoms with Crippen LogP contribution in [0, 0.1) is 0 Å². The van der Waals surface area contributed by atoms with Gasteiger partial charge in [-0.05, 0) is 19.1 Å². The van der Waals surface area contributed by atoms with Gasteiger partial charge >= 0.3 is 0 Å². The van der Waals surface area contributed by atoms with Crippen molar-refractivity contribution in [3.8, 4) is 0 Å². The molecular formula is C16H25N4O3+. The molecule has 0 heterocycles. The number of hydrogen-bond acceptors (Lipinski definition) is 3. The third-order valence-electron chi connectivity index (χ3n) is 3.23. The summed E-state index contributed by atoms with van der Waals surface area (Å²) in [5, 5.41) is 7.78. The van der Waals surface area contributed by atoms with Crippen LogP contribution < -0.4 is 20.9 Å². The maximum absolute atomic E-state index is 11.8. The van der Waals surface area contributed by atoms with Crippen molar-refractivity contribution in [3.63, 3.8) is 0 Å². The summed E-state index contributed by atoms with van der Waals surface area (Å²) in [7, 11) is 3.49. The Hall–Kier alpha value is -2.41. The van der Waals surface area contributed by atoms with Gasteiger partial charge < -0.3 is 20.9 Å². The lowest BCUT2D eigenvalue weighted by Crippen LogP contribution is -3.08. The van der Waals surface area contributed by atoms with Gasteiger partial charge in [0.05, 0.1) is 13.6 Å². The number of carbonyl (C=O) groups excluding carboxylic acids is 3. The second kappa shape index (κ2) is 9.58. The predicted molar refractivity (Wildman–Crippen MR) is 87.0 cm³/mol. The second-order valence-electron chi connectivity index (χ2n) is 5.32. The highest BCUT2D eigenvalue weighted by molar-refractivity contribution is 5.93. The van der Waals surface area contributed by atoms with Gasteiger partial charge in [0.15, 0.2) is 6.54 Å². The van der Waals surface area contributed by atoms with E-state index in [1.807, 2.05) is 26.1 Å². The van der Waals surface area contributed by atoms with Gasteiger partial charge in [0.1, 0.15) is 6.54 Å². The first-order valence-corrected chi connectivity index (χ1v) is 7.62. The molecule has 7 heteroatoms. The number of rotatable bonds is 8. The number of amides is 3. The molecule has 3 amide bonds. The van der Waals surface area contributed by atoms with Crippen LogP contribution in [0.1, 0.15) is 22.8 Å². The van der Waals surface area contributed by atoms with Gasteiger partial charge in [0, 0.05) is 24.7 Å². The van der Waals surface area contributed by atoms with Crippen LogP contribution in [-0.4, -0.2) is 51.5 Å². The molecule has 1 atom stereocenters. The number of quaternary nitrogens is 1. The standard InChI is InChI=1S/C16H24N4O3/c1-4-18-14(21)9-19-15(22)11-20(3)10-12-5-7-13(8-6-12)16(23)17-2/h5-8H,4,9-11H2,1-3H3,(H,17,23)(H,18,21)(H,19,22)/p+1. The van der Waals surface area contributed by atoms with E-state index in [1.54, 1.807) is 19.2 Å². The van der Waals surface area contributed by atoms with E-state index >= 15 is 0 Å². The molecule has 0 spiro atoms. The molecule has 0 fully saturated rings. The van der Waals surface area contributed by atoms with Crippen LogP contribution in [0.4, 0.5) is 0 Å². The largest absolute Gasteiger partial charge is 0.355 e. The first-order valence-electron chi connectivity index (χ1n) is 7.62. The quantitative estimate of drug-likeness (QED) is 0.461. The fourth-order valence-electron chi connectivity index (χ4n) is 2.10. The summed E-state index contributed by atoms with van der Waals surface area (Å²) in [5.41, 5.74) is 1.64. The summed E-state index contributed by atoms with van der Waals surface area (Å²) in [6, 6.07) is 7.27. The fourth-order valence-corrected chi connectivity index (χ4v) is 2.10. The summed E-state index contributed by atoms with van der Waals surface area (Å²) < 4.78 is 0. The van der Waals surface area contributed by atoms with Crippen LogP contribution in [0.2, 0.25) is 0 Å². The number of nitrogens with one attached hydrogen (secondary N) is 4. The van der Waals surface area contributed by atoms with Crippen LogP contribution in [0.5, 0.6) is 0 Å². The minimum absolute atomic E-state index is 0.000773. The third kappa shape index (κ3) is 6.92. The first kappa shape index (κ1) is 18.6. The molecule has 1 rings (SSSR count). The van der Waals surface area contributed by atoms with Crippen molar-refractivity contribution in [2.24, 2.45) is 0 Å². The lowest BCUT2D eigenvalue weighted by Gasteiger charge is -2.14. The van der Waals surface area contributed by atoms with Crippen LogP contribution in [0.15, 0.2) is 24.3 Å². The highest BCUT2D eigenvalue weighted by Gasteiger charge is 2.12. The van der Waals surface area contributed by atoms with Gasteiger partial charge in [0.25, 0.3) is 11.8 Å². The summed E-state index contributed by atoms with van der Waals surface area (Å²) in [6.07, 6.45) is 0. The van der Waals surface area contributed by atoms with E-state index in [-0.39, 0.29) is 30.8 Å². The van der Waals surface area contributed by atoms with Gasteiger partial charge in [-0.2, -0.15) is 0 Å². The molecular weight excluding hydrogens is 296 g/mol.